The average molecular weight is 241 g/mol. The molecule has 1 aliphatic heterocycles. The van der Waals surface area contributed by atoms with Gasteiger partial charge in [-0.1, -0.05) is 0 Å². The van der Waals surface area contributed by atoms with Crippen LogP contribution in [0.4, 0.5) is 0 Å². The fourth-order valence-corrected chi connectivity index (χ4v) is 2.10. The van der Waals surface area contributed by atoms with Gasteiger partial charge in [-0.2, -0.15) is 4.80 Å². The maximum atomic E-state index is 10.3. The minimum atomic E-state index is -0.644. The Kier molecular flexibility index (Phi) is 3.70. The van der Waals surface area contributed by atoms with Crippen LogP contribution in [0.3, 0.4) is 0 Å². The van der Waals surface area contributed by atoms with Crippen molar-refractivity contribution < 1.29 is 9.84 Å². The molecule has 1 saturated heterocycles. The Morgan fingerprint density at radius 2 is 2.18 bits per heavy atom. The predicted octanol–water partition coefficient (Wildman–Crippen LogP) is -0.817. The summed E-state index contributed by atoms with van der Waals surface area (Å²) in [5.41, 5.74) is -0.644. The molecule has 0 spiro atoms. The van der Waals surface area contributed by atoms with Crippen LogP contribution in [0.1, 0.15) is 18.7 Å². The fourth-order valence-electron chi connectivity index (χ4n) is 2.10. The minimum Gasteiger partial charge on any atom is -0.388 e. The topological polar surface area (TPSA) is 76.3 Å². The van der Waals surface area contributed by atoms with Crippen molar-refractivity contribution in [3.63, 3.8) is 0 Å². The summed E-state index contributed by atoms with van der Waals surface area (Å²) in [5.74, 6) is 0.672. The number of hydrogen-bond acceptors (Lipinski definition) is 6. The molecule has 7 nitrogen and oxygen atoms in total. The van der Waals surface area contributed by atoms with Gasteiger partial charge in [-0.3, -0.25) is 4.90 Å². The van der Waals surface area contributed by atoms with Crippen LogP contribution in [0.2, 0.25) is 0 Å². The van der Waals surface area contributed by atoms with Crippen molar-refractivity contribution in [1.29, 1.82) is 0 Å². The lowest BCUT2D eigenvalue weighted by atomic mass is 9.94. The highest BCUT2D eigenvalue weighted by Crippen LogP contribution is 2.21. The van der Waals surface area contributed by atoms with Crippen molar-refractivity contribution >= 4 is 0 Å². The molecule has 0 amide bonds. The first-order valence-corrected chi connectivity index (χ1v) is 5.79. The Morgan fingerprint density at radius 3 is 2.76 bits per heavy atom. The van der Waals surface area contributed by atoms with Gasteiger partial charge in [0, 0.05) is 32.6 Å². The summed E-state index contributed by atoms with van der Waals surface area (Å²) in [5, 5.41) is 22.2. The van der Waals surface area contributed by atoms with Crippen LogP contribution < -0.4 is 0 Å². The number of aryl methyl sites for hydroxylation is 1. The molecule has 0 aliphatic carbocycles. The second kappa shape index (κ2) is 5.07. The Bertz CT molecular complexity index is 361. The van der Waals surface area contributed by atoms with E-state index in [0.717, 1.165) is 0 Å². The van der Waals surface area contributed by atoms with Crippen molar-refractivity contribution in [2.75, 3.05) is 26.8 Å². The van der Waals surface area contributed by atoms with Crippen molar-refractivity contribution in [3.05, 3.63) is 5.82 Å². The summed E-state index contributed by atoms with van der Waals surface area (Å²) in [6, 6.07) is 0. The van der Waals surface area contributed by atoms with Crippen molar-refractivity contribution in [2.24, 2.45) is 7.05 Å². The number of nitrogens with zero attached hydrogens (tertiary/aromatic N) is 5. The van der Waals surface area contributed by atoms with Crippen LogP contribution in [0.25, 0.3) is 0 Å². The predicted molar refractivity (Wildman–Crippen MR) is 60.1 cm³/mol. The lowest BCUT2D eigenvalue weighted by Crippen LogP contribution is -2.45. The van der Waals surface area contributed by atoms with Gasteiger partial charge in [0.1, 0.15) is 0 Å². The number of rotatable bonds is 4. The van der Waals surface area contributed by atoms with Crippen molar-refractivity contribution in [1.82, 2.24) is 25.1 Å². The Balaban J connectivity index is 1.85. The normalized spacial score (nSPS) is 19.8. The molecule has 17 heavy (non-hydrogen) atoms. The molecule has 96 valence electrons. The summed E-state index contributed by atoms with van der Waals surface area (Å²) in [4.78, 5) is 3.45. The van der Waals surface area contributed by atoms with Gasteiger partial charge in [-0.25, -0.2) is 0 Å². The van der Waals surface area contributed by atoms with Gasteiger partial charge in [0.2, 0.25) is 0 Å². The van der Waals surface area contributed by atoms with Crippen LogP contribution in [0, 0.1) is 0 Å². The number of aromatic nitrogens is 4. The number of aliphatic hydroxyl groups is 1. The standard InChI is InChI=1S/C10H19N5O2/c1-14(7-9-11-13-15(2)12-9)8-10(16)3-5-17-6-4-10/h16H,3-8H2,1-2H3. The molecule has 0 atom stereocenters. The molecule has 0 saturated carbocycles. The number of hydrogen-bond donors (Lipinski definition) is 1. The Morgan fingerprint density at radius 1 is 1.47 bits per heavy atom. The molecule has 1 aliphatic rings. The molecule has 0 unspecified atom stereocenters. The zero-order valence-corrected chi connectivity index (χ0v) is 10.3. The maximum Gasteiger partial charge on any atom is 0.188 e. The highest BCUT2D eigenvalue weighted by atomic mass is 16.5. The minimum absolute atomic E-state index is 0.594. The first-order valence-electron chi connectivity index (χ1n) is 5.79. The molecule has 1 aromatic heterocycles. The lowest BCUT2D eigenvalue weighted by Gasteiger charge is -2.35. The SMILES string of the molecule is CN(Cc1nnn(C)n1)CC1(O)CCOCC1. The van der Waals surface area contributed by atoms with Gasteiger partial charge >= 0.3 is 0 Å². The van der Waals surface area contributed by atoms with Crippen LogP contribution in [0.5, 0.6) is 0 Å². The molecule has 2 rings (SSSR count). The quantitative estimate of drug-likeness (QED) is 0.742. The number of ether oxygens (including phenoxy) is 1. The van der Waals surface area contributed by atoms with Gasteiger partial charge in [-0.05, 0) is 12.3 Å². The third-order valence-electron chi connectivity index (χ3n) is 2.95. The zero-order chi connectivity index (χ0) is 12.3. The number of likely N-dealkylation sites (N-methyl/N-ethyl adjacent to an activating group) is 1. The molecule has 0 aromatic carbocycles. The summed E-state index contributed by atoms with van der Waals surface area (Å²) in [6.07, 6.45) is 1.37. The molecule has 1 fully saturated rings. The number of tetrazole rings is 1. The monoisotopic (exact) mass is 241 g/mol. The average Bonchev–Trinajstić information content (AvgIpc) is 2.63. The van der Waals surface area contributed by atoms with E-state index < -0.39 is 5.60 Å². The molecule has 1 N–H and O–H groups in total. The highest BCUT2D eigenvalue weighted by Gasteiger charge is 2.31. The lowest BCUT2D eigenvalue weighted by molar-refractivity contribution is -0.0779. The van der Waals surface area contributed by atoms with Gasteiger partial charge in [-0.15, -0.1) is 10.2 Å². The first kappa shape index (κ1) is 12.4. The van der Waals surface area contributed by atoms with E-state index in [9.17, 15) is 5.11 Å². The van der Waals surface area contributed by atoms with Gasteiger partial charge in [0.05, 0.1) is 19.2 Å². The molecule has 7 heteroatoms. The van der Waals surface area contributed by atoms with Gasteiger partial charge in [0.15, 0.2) is 5.82 Å². The van der Waals surface area contributed by atoms with E-state index in [1.54, 1.807) is 7.05 Å². The second-order valence-electron chi connectivity index (χ2n) is 4.70. The van der Waals surface area contributed by atoms with E-state index in [1.165, 1.54) is 4.80 Å². The molecule has 2 heterocycles. The smallest absolute Gasteiger partial charge is 0.188 e. The van der Waals surface area contributed by atoms with Crippen LogP contribution >= 0.6 is 0 Å². The largest absolute Gasteiger partial charge is 0.388 e. The Labute approximate surface area is 100 Å². The van der Waals surface area contributed by atoms with E-state index in [0.29, 0.717) is 45.0 Å². The zero-order valence-electron chi connectivity index (χ0n) is 10.3. The third-order valence-corrected chi connectivity index (χ3v) is 2.95. The van der Waals surface area contributed by atoms with Crippen molar-refractivity contribution in [2.45, 2.75) is 25.0 Å². The Hall–Kier alpha value is -1.05. The highest BCUT2D eigenvalue weighted by molar-refractivity contribution is 4.86. The summed E-state index contributed by atoms with van der Waals surface area (Å²) >= 11 is 0. The summed E-state index contributed by atoms with van der Waals surface area (Å²) in [6.45, 7) is 2.47. The van der Waals surface area contributed by atoms with E-state index in [1.807, 2.05) is 11.9 Å². The molecule has 0 radical (unpaired) electrons. The molecule has 0 bridgehead atoms. The summed E-state index contributed by atoms with van der Waals surface area (Å²) < 4.78 is 5.25. The van der Waals surface area contributed by atoms with Crippen LogP contribution in [-0.2, 0) is 18.3 Å². The van der Waals surface area contributed by atoms with Gasteiger partial charge < -0.3 is 9.84 Å². The van der Waals surface area contributed by atoms with Gasteiger partial charge in [0.25, 0.3) is 0 Å². The molecule has 1 aromatic rings. The van der Waals surface area contributed by atoms with E-state index in [4.69, 9.17) is 4.74 Å². The van der Waals surface area contributed by atoms with E-state index in [-0.39, 0.29) is 0 Å². The third kappa shape index (κ3) is 3.45. The molecular weight excluding hydrogens is 222 g/mol. The van der Waals surface area contributed by atoms with Crippen molar-refractivity contribution in [3.8, 4) is 0 Å². The molecular formula is C10H19N5O2. The van der Waals surface area contributed by atoms with E-state index in [2.05, 4.69) is 15.4 Å². The van der Waals surface area contributed by atoms with Crippen LogP contribution in [0.15, 0.2) is 0 Å². The summed E-state index contributed by atoms with van der Waals surface area (Å²) in [7, 11) is 3.69. The maximum absolute atomic E-state index is 10.3. The second-order valence-corrected chi connectivity index (χ2v) is 4.70. The first-order chi connectivity index (χ1) is 8.07. The van der Waals surface area contributed by atoms with Crippen LogP contribution in [-0.4, -0.2) is 62.6 Å². The van der Waals surface area contributed by atoms with E-state index >= 15 is 0 Å². The fraction of sp³-hybridized carbons (Fsp3) is 0.900.